The van der Waals surface area contributed by atoms with Gasteiger partial charge in [0.05, 0.1) is 10.6 Å². The zero-order valence-corrected chi connectivity index (χ0v) is 14.5. The van der Waals surface area contributed by atoms with Crippen molar-refractivity contribution in [2.45, 2.75) is 0 Å². The molecule has 24 heavy (non-hydrogen) atoms. The van der Waals surface area contributed by atoms with E-state index in [0.29, 0.717) is 5.82 Å². The lowest BCUT2D eigenvalue weighted by atomic mass is 10.1. The zero-order valence-electron chi connectivity index (χ0n) is 12.1. The van der Waals surface area contributed by atoms with Gasteiger partial charge in [-0.15, -0.1) is 21.5 Å². The van der Waals surface area contributed by atoms with Crippen LogP contribution in [0.1, 0.15) is 0 Å². The monoisotopic (exact) mass is 400 g/mol. The first-order valence-electron chi connectivity index (χ1n) is 6.97. The summed E-state index contributed by atoms with van der Waals surface area (Å²) in [5, 5.41) is 21.3. The highest BCUT2D eigenvalue weighted by atomic mass is 79.9. The van der Waals surface area contributed by atoms with Crippen molar-refractivity contribution in [2.75, 3.05) is 0 Å². The Morgan fingerprint density at radius 3 is 2.33 bits per heavy atom. The summed E-state index contributed by atoms with van der Waals surface area (Å²) >= 11 is 4.94. The number of nitro groups is 1. The van der Waals surface area contributed by atoms with E-state index in [1.807, 2.05) is 34.0 Å². The van der Waals surface area contributed by atoms with Gasteiger partial charge in [0.15, 0.2) is 5.82 Å². The number of nitro benzene ring substituents is 1. The largest absolute Gasteiger partial charge is 0.269 e. The minimum atomic E-state index is -0.416. The maximum atomic E-state index is 10.8. The third kappa shape index (κ3) is 2.49. The highest BCUT2D eigenvalue weighted by Crippen LogP contribution is 2.31. The number of benzene rings is 2. The average Bonchev–Trinajstić information content (AvgIpc) is 3.18. The maximum absolute atomic E-state index is 10.8. The molecule has 0 saturated carbocycles. The first-order chi connectivity index (χ1) is 11.6. The molecule has 0 bridgehead atoms. The molecule has 0 unspecified atom stereocenters. The third-order valence-corrected chi connectivity index (χ3v) is 4.97. The Labute approximate surface area is 148 Å². The molecular formula is C16H9BrN4O2S. The maximum Gasteiger partial charge on any atom is 0.269 e. The first-order valence-corrected chi connectivity index (χ1v) is 8.64. The van der Waals surface area contributed by atoms with Crippen molar-refractivity contribution in [1.82, 2.24) is 14.6 Å². The van der Waals surface area contributed by atoms with Crippen molar-refractivity contribution in [3.8, 4) is 22.6 Å². The lowest BCUT2D eigenvalue weighted by Gasteiger charge is -2.03. The van der Waals surface area contributed by atoms with Crippen LogP contribution in [-0.2, 0) is 0 Å². The minimum Gasteiger partial charge on any atom is -0.265 e. The molecule has 0 N–H and O–H groups in total. The quantitative estimate of drug-likeness (QED) is 0.365. The Hall–Kier alpha value is -2.58. The smallest absolute Gasteiger partial charge is 0.265 e. The van der Waals surface area contributed by atoms with Crippen molar-refractivity contribution >= 4 is 37.9 Å². The van der Waals surface area contributed by atoms with Crippen molar-refractivity contribution < 1.29 is 4.92 Å². The lowest BCUT2D eigenvalue weighted by molar-refractivity contribution is -0.384. The van der Waals surface area contributed by atoms with Gasteiger partial charge in [-0.05, 0) is 29.8 Å². The Balaban J connectivity index is 1.86. The predicted octanol–water partition coefficient (Wildman–Crippen LogP) is 4.80. The molecule has 0 spiro atoms. The molecule has 6 nitrogen and oxygen atoms in total. The topological polar surface area (TPSA) is 73.3 Å². The van der Waals surface area contributed by atoms with Gasteiger partial charge in [-0.1, -0.05) is 28.1 Å². The van der Waals surface area contributed by atoms with Crippen molar-refractivity contribution in [2.24, 2.45) is 0 Å². The highest BCUT2D eigenvalue weighted by Gasteiger charge is 2.16. The minimum absolute atomic E-state index is 0.0537. The van der Waals surface area contributed by atoms with E-state index in [1.165, 1.54) is 23.5 Å². The molecule has 4 aromatic rings. The second kappa shape index (κ2) is 5.81. The molecule has 4 rings (SSSR count). The summed E-state index contributed by atoms with van der Waals surface area (Å²) in [6.45, 7) is 0. The van der Waals surface area contributed by atoms with Crippen LogP contribution in [0.15, 0.2) is 58.4 Å². The summed E-state index contributed by atoms with van der Waals surface area (Å²) in [7, 11) is 0. The van der Waals surface area contributed by atoms with Crippen LogP contribution in [0.2, 0.25) is 0 Å². The van der Waals surface area contributed by atoms with Gasteiger partial charge in [0.2, 0.25) is 4.96 Å². The normalized spacial score (nSPS) is 11.0. The molecule has 2 heterocycles. The molecule has 0 fully saturated rings. The standard InChI is InChI=1S/C16H9BrN4O2S/c17-12-5-1-10(2-6-12)14-9-24-16-19-18-15(20(14)16)11-3-7-13(8-4-11)21(22)23/h1-9H. The van der Waals surface area contributed by atoms with Gasteiger partial charge >= 0.3 is 0 Å². The van der Waals surface area contributed by atoms with E-state index in [-0.39, 0.29) is 5.69 Å². The van der Waals surface area contributed by atoms with E-state index in [9.17, 15) is 10.1 Å². The van der Waals surface area contributed by atoms with Crippen LogP contribution < -0.4 is 0 Å². The lowest BCUT2D eigenvalue weighted by Crippen LogP contribution is -1.92. The van der Waals surface area contributed by atoms with E-state index >= 15 is 0 Å². The molecule has 0 aliphatic carbocycles. The molecule has 0 atom stereocenters. The number of non-ortho nitro benzene ring substituents is 1. The molecule has 0 radical (unpaired) electrons. The number of hydrogen-bond donors (Lipinski definition) is 0. The van der Waals surface area contributed by atoms with E-state index < -0.39 is 4.92 Å². The van der Waals surface area contributed by atoms with Crippen LogP contribution in [-0.4, -0.2) is 19.5 Å². The van der Waals surface area contributed by atoms with Crippen LogP contribution in [0.4, 0.5) is 5.69 Å². The highest BCUT2D eigenvalue weighted by molar-refractivity contribution is 9.10. The Bertz CT molecular complexity index is 1040. The summed E-state index contributed by atoms with van der Waals surface area (Å²) in [5.74, 6) is 0.666. The number of fused-ring (bicyclic) bond motifs is 1. The van der Waals surface area contributed by atoms with Crippen LogP contribution in [0.25, 0.3) is 27.6 Å². The van der Waals surface area contributed by atoms with E-state index in [1.54, 1.807) is 12.1 Å². The molecule has 2 aromatic carbocycles. The number of aromatic nitrogens is 3. The van der Waals surface area contributed by atoms with Crippen molar-refractivity contribution in [1.29, 1.82) is 0 Å². The number of hydrogen-bond acceptors (Lipinski definition) is 5. The van der Waals surface area contributed by atoms with Crippen LogP contribution in [0, 0.1) is 10.1 Å². The Morgan fingerprint density at radius 1 is 1.00 bits per heavy atom. The number of halogens is 1. The molecule has 2 aromatic heterocycles. The summed E-state index contributed by atoms with van der Waals surface area (Å²) < 4.78 is 2.98. The number of rotatable bonds is 3. The number of nitrogens with zero attached hydrogens (tertiary/aromatic N) is 4. The summed E-state index contributed by atoms with van der Waals surface area (Å²) in [4.78, 5) is 11.2. The fraction of sp³-hybridized carbons (Fsp3) is 0. The summed E-state index contributed by atoms with van der Waals surface area (Å²) in [6.07, 6.45) is 0. The SMILES string of the molecule is O=[N+]([O-])c1ccc(-c2nnc3scc(-c4ccc(Br)cc4)n23)cc1. The second-order valence-corrected chi connectivity index (χ2v) is 6.83. The van der Waals surface area contributed by atoms with Crippen molar-refractivity contribution in [3.63, 3.8) is 0 Å². The average molecular weight is 401 g/mol. The van der Waals surface area contributed by atoms with E-state index in [2.05, 4.69) is 26.1 Å². The van der Waals surface area contributed by atoms with Crippen LogP contribution in [0.3, 0.4) is 0 Å². The van der Waals surface area contributed by atoms with Gasteiger partial charge in [-0.2, -0.15) is 0 Å². The molecule has 0 aliphatic heterocycles. The number of thiazole rings is 1. The molecule has 0 amide bonds. The molecule has 0 saturated heterocycles. The van der Waals surface area contributed by atoms with Gasteiger partial charge in [-0.25, -0.2) is 0 Å². The van der Waals surface area contributed by atoms with E-state index in [4.69, 9.17) is 0 Å². The Morgan fingerprint density at radius 2 is 1.67 bits per heavy atom. The van der Waals surface area contributed by atoms with Gasteiger partial charge in [0, 0.05) is 27.5 Å². The molecule has 118 valence electrons. The fourth-order valence-corrected chi connectivity index (χ4v) is 3.56. The van der Waals surface area contributed by atoms with Gasteiger partial charge in [0.25, 0.3) is 5.69 Å². The third-order valence-electron chi connectivity index (χ3n) is 3.63. The van der Waals surface area contributed by atoms with Crippen LogP contribution >= 0.6 is 27.3 Å². The van der Waals surface area contributed by atoms with Gasteiger partial charge in [0.1, 0.15) is 0 Å². The predicted molar refractivity (Wildman–Crippen MR) is 96.1 cm³/mol. The molecular weight excluding hydrogens is 392 g/mol. The fourth-order valence-electron chi connectivity index (χ4n) is 2.46. The van der Waals surface area contributed by atoms with Crippen LogP contribution in [0.5, 0.6) is 0 Å². The summed E-state index contributed by atoms with van der Waals surface area (Å²) in [6, 6.07) is 14.3. The first kappa shape index (κ1) is 15.0. The van der Waals surface area contributed by atoms with E-state index in [0.717, 1.165) is 26.3 Å². The molecule has 0 aliphatic rings. The van der Waals surface area contributed by atoms with Gasteiger partial charge in [-0.3, -0.25) is 14.5 Å². The second-order valence-electron chi connectivity index (χ2n) is 5.07. The molecule has 8 heteroatoms. The zero-order chi connectivity index (χ0) is 16.7. The summed E-state index contributed by atoms with van der Waals surface area (Å²) in [5.41, 5.74) is 2.87. The van der Waals surface area contributed by atoms with Crippen molar-refractivity contribution in [3.05, 3.63) is 68.5 Å². The Kier molecular flexibility index (Phi) is 3.62. The van der Waals surface area contributed by atoms with Gasteiger partial charge < -0.3 is 0 Å².